The summed E-state index contributed by atoms with van der Waals surface area (Å²) in [5.41, 5.74) is 10.3. The van der Waals surface area contributed by atoms with E-state index in [4.69, 9.17) is 10.3 Å². The van der Waals surface area contributed by atoms with Crippen LogP contribution in [0.5, 0.6) is 5.75 Å². The van der Waals surface area contributed by atoms with Crippen molar-refractivity contribution in [3.05, 3.63) is 34.2 Å². The van der Waals surface area contributed by atoms with Crippen LogP contribution in [0.4, 0.5) is 5.69 Å². The minimum Gasteiger partial charge on any atom is -0.496 e. The maximum Gasteiger partial charge on any atom is 0.128 e. The molecule has 1 heterocycles. The summed E-state index contributed by atoms with van der Waals surface area (Å²) in [7, 11) is 1.59. The van der Waals surface area contributed by atoms with Gasteiger partial charge >= 0.3 is 0 Å². The number of likely N-dealkylation sites (tertiary alicyclic amines) is 1. The van der Waals surface area contributed by atoms with Crippen molar-refractivity contribution in [3.63, 3.8) is 0 Å². The number of methoxy groups -OCH3 is 1. The molecule has 18 heavy (non-hydrogen) atoms. The van der Waals surface area contributed by atoms with Gasteiger partial charge in [-0.25, -0.2) is 0 Å². The van der Waals surface area contributed by atoms with Crippen molar-refractivity contribution in [3.8, 4) is 5.75 Å². The van der Waals surface area contributed by atoms with Gasteiger partial charge in [0.15, 0.2) is 0 Å². The van der Waals surface area contributed by atoms with Gasteiger partial charge in [-0.2, -0.15) is 0 Å². The van der Waals surface area contributed by atoms with E-state index >= 15 is 0 Å². The molecule has 1 saturated heterocycles. The van der Waals surface area contributed by atoms with E-state index in [0.717, 1.165) is 18.5 Å². The lowest BCUT2D eigenvalue weighted by molar-refractivity contribution is 0.343. The summed E-state index contributed by atoms with van der Waals surface area (Å²) in [4.78, 5) is 5.33. The Morgan fingerprint density at radius 1 is 1.39 bits per heavy atom. The molecule has 5 heteroatoms. The van der Waals surface area contributed by atoms with Crippen molar-refractivity contribution < 1.29 is 4.74 Å². The van der Waals surface area contributed by atoms with E-state index in [9.17, 15) is 0 Å². The van der Waals surface area contributed by atoms with Gasteiger partial charge in [-0.15, -0.1) is 0 Å². The highest BCUT2D eigenvalue weighted by Crippen LogP contribution is 2.32. The van der Waals surface area contributed by atoms with Gasteiger partial charge in [0.1, 0.15) is 5.75 Å². The quantitative estimate of drug-likeness (QED) is 0.454. The molecule has 0 saturated carbocycles. The Morgan fingerprint density at radius 3 is 2.83 bits per heavy atom. The van der Waals surface area contributed by atoms with Gasteiger partial charge in [0.05, 0.1) is 12.8 Å². The molecule has 0 unspecified atom stereocenters. The van der Waals surface area contributed by atoms with Crippen molar-refractivity contribution >= 4 is 5.69 Å². The predicted molar refractivity (Wildman–Crippen MR) is 71.2 cm³/mol. The van der Waals surface area contributed by atoms with Crippen LogP contribution in [0.15, 0.2) is 23.3 Å². The third kappa shape index (κ3) is 2.94. The molecule has 1 fully saturated rings. The summed E-state index contributed by atoms with van der Waals surface area (Å²) >= 11 is 0. The van der Waals surface area contributed by atoms with Crippen molar-refractivity contribution in [1.82, 2.24) is 4.90 Å². The maximum absolute atomic E-state index is 8.64. The second kappa shape index (κ2) is 6.28. The molecule has 0 N–H and O–H groups in total. The number of rotatable bonds is 5. The van der Waals surface area contributed by atoms with Crippen LogP contribution in [0, 0.1) is 0 Å². The number of nitrogens with zero attached hydrogens (tertiary/aromatic N) is 4. The standard InChI is InChI=1S/C13H18N4O/c1-18-12-6-4-5-11(13(12)15-16-14)7-10-17-8-2-3-9-17/h4-6H,2-3,7-10H2,1H3. The third-order valence-corrected chi connectivity index (χ3v) is 3.34. The maximum atomic E-state index is 8.64. The zero-order chi connectivity index (χ0) is 12.8. The zero-order valence-electron chi connectivity index (χ0n) is 10.7. The predicted octanol–water partition coefficient (Wildman–Crippen LogP) is 3.28. The fourth-order valence-electron chi connectivity index (χ4n) is 2.38. The molecule has 0 radical (unpaired) electrons. The van der Waals surface area contributed by atoms with Gasteiger partial charge in [0.25, 0.3) is 0 Å². The largest absolute Gasteiger partial charge is 0.496 e. The first-order chi connectivity index (χ1) is 8.85. The smallest absolute Gasteiger partial charge is 0.128 e. The second-order valence-electron chi connectivity index (χ2n) is 4.46. The minimum atomic E-state index is 0.627. The first-order valence-electron chi connectivity index (χ1n) is 6.28. The van der Waals surface area contributed by atoms with Crippen LogP contribution in [-0.2, 0) is 6.42 Å². The van der Waals surface area contributed by atoms with Crippen molar-refractivity contribution in [2.45, 2.75) is 19.3 Å². The third-order valence-electron chi connectivity index (χ3n) is 3.34. The summed E-state index contributed by atoms with van der Waals surface area (Å²) in [6.45, 7) is 3.38. The molecule has 96 valence electrons. The van der Waals surface area contributed by atoms with Crippen LogP contribution >= 0.6 is 0 Å². The Morgan fingerprint density at radius 2 is 2.17 bits per heavy atom. The molecule has 1 aliphatic heterocycles. The lowest BCUT2D eigenvalue weighted by Crippen LogP contribution is -2.21. The molecular weight excluding hydrogens is 228 g/mol. The number of hydrogen-bond donors (Lipinski definition) is 0. The van der Waals surface area contributed by atoms with Gasteiger partial charge in [0.2, 0.25) is 0 Å². The van der Waals surface area contributed by atoms with Crippen LogP contribution in [-0.4, -0.2) is 31.6 Å². The fourth-order valence-corrected chi connectivity index (χ4v) is 2.38. The summed E-state index contributed by atoms with van der Waals surface area (Å²) in [6, 6.07) is 5.76. The van der Waals surface area contributed by atoms with E-state index in [-0.39, 0.29) is 0 Å². The molecule has 0 aromatic heterocycles. The SMILES string of the molecule is COc1cccc(CCN2CCCC2)c1N=[N+]=[N-]. The topological polar surface area (TPSA) is 61.2 Å². The minimum absolute atomic E-state index is 0.627. The molecule has 0 spiro atoms. The van der Waals surface area contributed by atoms with Crippen molar-refractivity contribution in [2.75, 3.05) is 26.7 Å². The Balaban J connectivity index is 2.12. The van der Waals surface area contributed by atoms with E-state index in [1.807, 2.05) is 18.2 Å². The van der Waals surface area contributed by atoms with Crippen LogP contribution in [0.3, 0.4) is 0 Å². The van der Waals surface area contributed by atoms with Crippen LogP contribution < -0.4 is 4.74 Å². The molecule has 1 aliphatic rings. The zero-order valence-corrected chi connectivity index (χ0v) is 10.7. The monoisotopic (exact) mass is 246 g/mol. The van der Waals surface area contributed by atoms with Gasteiger partial charge in [-0.1, -0.05) is 17.2 Å². The molecule has 0 aliphatic carbocycles. The molecule has 0 atom stereocenters. The summed E-state index contributed by atoms with van der Waals surface area (Å²) in [5.74, 6) is 0.645. The summed E-state index contributed by atoms with van der Waals surface area (Å²) in [5, 5.41) is 3.76. The number of hydrogen-bond acceptors (Lipinski definition) is 3. The molecule has 1 aromatic carbocycles. The average Bonchev–Trinajstić information content (AvgIpc) is 2.91. The molecular formula is C13H18N4O. The average molecular weight is 246 g/mol. The van der Waals surface area contributed by atoms with E-state index in [2.05, 4.69) is 14.9 Å². The highest BCUT2D eigenvalue weighted by atomic mass is 16.5. The molecule has 2 rings (SSSR count). The molecule has 1 aromatic rings. The van der Waals surface area contributed by atoms with Crippen molar-refractivity contribution in [2.24, 2.45) is 5.11 Å². The normalized spacial score (nSPS) is 15.4. The van der Waals surface area contributed by atoms with E-state index in [1.54, 1.807) is 7.11 Å². The highest BCUT2D eigenvalue weighted by Gasteiger charge is 2.13. The number of benzene rings is 1. The van der Waals surface area contributed by atoms with E-state index in [0.29, 0.717) is 11.4 Å². The van der Waals surface area contributed by atoms with Crippen LogP contribution in [0.2, 0.25) is 0 Å². The lowest BCUT2D eigenvalue weighted by Gasteiger charge is -2.16. The molecule has 0 bridgehead atoms. The van der Waals surface area contributed by atoms with Crippen LogP contribution in [0.25, 0.3) is 10.4 Å². The summed E-state index contributed by atoms with van der Waals surface area (Å²) in [6.07, 6.45) is 3.48. The number of azide groups is 1. The Bertz CT molecular complexity index is 448. The molecule has 0 amide bonds. The Kier molecular flexibility index (Phi) is 4.45. The highest BCUT2D eigenvalue weighted by molar-refractivity contribution is 5.57. The van der Waals surface area contributed by atoms with Crippen LogP contribution in [0.1, 0.15) is 18.4 Å². The van der Waals surface area contributed by atoms with Crippen molar-refractivity contribution in [1.29, 1.82) is 0 Å². The second-order valence-corrected chi connectivity index (χ2v) is 4.46. The van der Waals surface area contributed by atoms with Gasteiger partial charge in [-0.05, 0) is 49.5 Å². The fraction of sp³-hybridized carbons (Fsp3) is 0.538. The Hall–Kier alpha value is -1.71. The summed E-state index contributed by atoms with van der Waals surface area (Å²) < 4.78 is 5.23. The van der Waals surface area contributed by atoms with E-state index in [1.165, 1.54) is 25.9 Å². The first kappa shape index (κ1) is 12.7. The molecule has 5 nitrogen and oxygen atoms in total. The van der Waals surface area contributed by atoms with Gasteiger partial charge < -0.3 is 9.64 Å². The van der Waals surface area contributed by atoms with E-state index < -0.39 is 0 Å². The number of ether oxygens (including phenoxy) is 1. The Labute approximate surface area is 107 Å². The lowest BCUT2D eigenvalue weighted by atomic mass is 10.1. The van der Waals surface area contributed by atoms with Gasteiger partial charge in [-0.3, -0.25) is 0 Å². The van der Waals surface area contributed by atoms with Gasteiger partial charge in [0, 0.05) is 11.5 Å². The first-order valence-corrected chi connectivity index (χ1v) is 6.28.